The Morgan fingerprint density at radius 1 is 1.26 bits per heavy atom. The molecule has 0 spiro atoms. The highest BCUT2D eigenvalue weighted by molar-refractivity contribution is 6.42. The molecule has 0 radical (unpaired) electrons. The Labute approximate surface area is 218 Å². The van der Waals surface area contributed by atoms with Crippen molar-refractivity contribution in [2.75, 3.05) is 33.8 Å². The van der Waals surface area contributed by atoms with Crippen LogP contribution in [0.15, 0.2) is 55.1 Å². The molecule has 0 bridgehead atoms. The van der Waals surface area contributed by atoms with Crippen LogP contribution in [0, 0.1) is 0 Å². The standard InChI is InChI=1S/C28H34Cl2N2O3/c1-4-13-32-14-12-27(21-6-5-7-23(17-21)35-3)18-22(10-11-28(27,34)19-32)31(2)26(33)16-20-8-9-24(29)25(30)15-20/h4-9,15,17,22,34H,1,10-14,16,18-19H2,2-3H3/t22-,27-,28-/m0/s1. The number of nitrogens with zero attached hydrogens (tertiary/aromatic N) is 2. The number of likely N-dealkylation sites (tertiary alicyclic amines) is 1. The number of ether oxygens (including phenoxy) is 1. The Bertz CT molecular complexity index is 1090. The third kappa shape index (κ3) is 5.10. The summed E-state index contributed by atoms with van der Waals surface area (Å²) in [4.78, 5) is 17.4. The van der Waals surface area contributed by atoms with Gasteiger partial charge in [-0.15, -0.1) is 6.58 Å². The summed E-state index contributed by atoms with van der Waals surface area (Å²) in [6.07, 6.45) is 5.01. The highest BCUT2D eigenvalue weighted by atomic mass is 35.5. The van der Waals surface area contributed by atoms with E-state index in [9.17, 15) is 9.90 Å². The fourth-order valence-electron chi connectivity index (χ4n) is 5.98. The van der Waals surface area contributed by atoms with Crippen LogP contribution >= 0.6 is 23.2 Å². The van der Waals surface area contributed by atoms with Crippen molar-refractivity contribution in [3.05, 3.63) is 76.3 Å². The number of β-amino-alcohol motifs (C(OH)–C–C–N with tert-alkyl or cyclic N) is 1. The van der Waals surface area contributed by atoms with Crippen LogP contribution in [0.4, 0.5) is 0 Å². The zero-order chi connectivity index (χ0) is 25.2. The van der Waals surface area contributed by atoms with Gasteiger partial charge in [-0.3, -0.25) is 9.69 Å². The van der Waals surface area contributed by atoms with E-state index >= 15 is 0 Å². The Kier molecular flexibility index (Phi) is 7.82. The summed E-state index contributed by atoms with van der Waals surface area (Å²) in [7, 11) is 3.54. The van der Waals surface area contributed by atoms with Crippen molar-refractivity contribution >= 4 is 29.1 Å². The zero-order valence-electron chi connectivity index (χ0n) is 20.5. The van der Waals surface area contributed by atoms with Crippen molar-refractivity contribution in [2.45, 2.75) is 49.2 Å². The third-order valence-electron chi connectivity index (χ3n) is 8.00. The van der Waals surface area contributed by atoms with Crippen molar-refractivity contribution in [1.29, 1.82) is 0 Å². The smallest absolute Gasteiger partial charge is 0.226 e. The van der Waals surface area contributed by atoms with Gasteiger partial charge in [-0.2, -0.15) is 0 Å². The number of hydrogen-bond donors (Lipinski definition) is 1. The number of amides is 1. The van der Waals surface area contributed by atoms with E-state index in [1.165, 1.54) is 0 Å². The van der Waals surface area contributed by atoms with Gasteiger partial charge >= 0.3 is 0 Å². The van der Waals surface area contributed by atoms with Gasteiger partial charge in [0.2, 0.25) is 5.91 Å². The van der Waals surface area contributed by atoms with Crippen molar-refractivity contribution < 1.29 is 14.6 Å². The molecule has 3 atom stereocenters. The lowest BCUT2D eigenvalue weighted by Crippen LogP contribution is -2.67. The van der Waals surface area contributed by atoms with Crippen LogP contribution in [0.25, 0.3) is 0 Å². The molecule has 1 aliphatic heterocycles. The molecule has 0 unspecified atom stereocenters. The van der Waals surface area contributed by atoms with Crippen LogP contribution in [0.2, 0.25) is 10.0 Å². The molecule has 7 heteroatoms. The van der Waals surface area contributed by atoms with Crippen LogP contribution < -0.4 is 4.74 Å². The zero-order valence-corrected chi connectivity index (χ0v) is 22.0. The van der Waals surface area contributed by atoms with Gasteiger partial charge in [0.05, 0.1) is 29.2 Å². The second kappa shape index (κ2) is 10.5. The molecule has 1 aliphatic carbocycles. The van der Waals surface area contributed by atoms with E-state index in [0.717, 1.165) is 42.8 Å². The number of aliphatic hydroxyl groups is 1. The van der Waals surface area contributed by atoms with Crippen molar-refractivity contribution in [3.8, 4) is 5.75 Å². The van der Waals surface area contributed by atoms with Gasteiger partial charge in [0.15, 0.2) is 0 Å². The summed E-state index contributed by atoms with van der Waals surface area (Å²) in [5.74, 6) is 0.808. The molecule has 1 N–H and O–H groups in total. The van der Waals surface area contributed by atoms with E-state index in [-0.39, 0.29) is 18.4 Å². The molecule has 2 aliphatic rings. The maximum Gasteiger partial charge on any atom is 0.226 e. The Morgan fingerprint density at radius 3 is 2.77 bits per heavy atom. The first kappa shape index (κ1) is 26.0. The second-order valence-electron chi connectivity index (χ2n) is 9.95. The lowest BCUT2D eigenvalue weighted by atomic mass is 9.55. The lowest BCUT2D eigenvalue weighted by Gasteiger charge is -2.59. The van der Waals surface area contributed by atoms with Crippen LogP contribution in [-0.2, 0) is 16.6 Å². The number of carbonyl (C=O) groups excluding carboxylic acids is 1. The maximum absolute atomic E-state index is 13.3. The maximum atomic E-state index is 13.3. The van der Waals surface area contributed by atoms with Gasteiger partial charge in [0.25, 0.3) is 0 Å². The summed E-state index contributed by atoms with van der Waals surface area (Å²) >= 11 is 12.2. The third-order valence-corrected chi connectivity index (χ3v) is 8.74. The number of hydrogen-bond acceptors (Lipinski definition) is 4. The minimum atomic E-state index is -0.898. The molecular weight excluding hydrogens is 483 g/mol. The number of methoxy groups -OCH3 is 1. The first-order valence-corrected chi connectivity index (χ1v) is 12.9. The normalized spacial score (nSPS) is 26.6. The second-order valence-corrected chi connectivity index (χ2v) is 10.8. The molecule has 0 aromatic heterocycles. The number of rotatable bonds is 7. The monoisotopic (exact) mass is 516 g/mol. The molecule has 2 fully saturated rings. The Hall–Kier alpha value is -2.05. The number of piperidine rings is 1. The topological polar surface area (TPSA) is 53.0 Å². The van der Waals surface area contributed by atoms with E-state index in [4.69, 9.17) is 27.9 Å². The van der Waals surface area contributed by atoms with Crippen molar-refractivity contribution in [3.63, 3.8) is 0 Å². The highest BCUT2D eigenvalue weighted by Gasteiger charge is 2.58. The number of halogens is 2. The van der Waals surface area contributed by atoms with Gasteiger partial charge in [0.1, 0.15) is 5.75 Å². The molecule has 1 saturated carbocycles. The minimum absolute atomic E-state index is 0.0164. The summed E-state index contributed by atoms with van der Waals surface area (Å²) in [5, 5.41) is 13.1. The number of likely N-dealkylation sites (N-methyl/N-ethyl adjacent to an activating group) is 1. The number of fused-ring (bicyclic) bond motifs is 1. The molecule has 4 rings (SSSR count). The average molecular weight is 517 g/mol. The summed E-state index contributed by atoms with van der Waals surface area (Å²) in [6.45, 7) is 6.08. The average Bonchev–Trinajstić information content (AvgIpc) is 2.85. The summed E-state index contributed by atoms with van der Waals surface area (Å²) in [5.41, 5.74) is 0.543. The van der Waals surface area contributed by atoms with E-state index in [2.05, 4.69) is 17.5 Å². The van der Waals surface area contributed by atoms with Crippen molar-refractivity contribution in [2.24, 2.45) is 0 Å². The minimum Gasteiger partial charge on any atom is -0.497 e. The van der Waals surface area contributed by atoms with Crippen LogP contribution in [0.1, 0.15) is 36.8 Å². The van der Waals surface area contributed by atoms with Crippen LogP contribution in [0.3, 0.4) is 0 Å². The SMILES string of the molecule is C=CCN1CC[C@@]2(c3cccc(OC)c3)C[C@@H](N(C)C(=O)Cc3ccc(Cl)c(Cl)c3)CC[C@]2(O)C1. The lowest BCUT2D eigenvalue weighted by molar-refractivity contribution is -0.146. The predicted octanol–water partition coefficient (Wildman–Crippen LogP) is 5.12. The molecule has 2 aromatic carbocycles. The fourth-order valence-corrected chi connectivity index (χ4v) is 6.30. The highest BCUT2D eigenvalue weighted by Crippen LogP contribution is 2.52. The molecule has 1 saturated heterocycles. The van der Waals surface area contributed by atoms with Crippen molar-refractivity contribution in [1.82, 2.24) is 9.80 Å². The number of benzene rings is 2. The molecule has 188 valence electrons. The first-order valence-electron chi connectivity index (χ1n) is 12.1. The van der Waals surface area contributed by atoms with Gasteiger partial charge in [-0.25, -0.2) is 0 Å². The van der Waals surface area contributed by atoms with Gasteiger partial charge < -0.3 is 14.7 Å². The van der Waals surface area contributed by atoms with Gasteiger partial charge in [-0.05, 0) is 67.6 Å². The van der Waals surface area contributed by atoms with E-state index < -0.39 is 11.0 Å². The summed E-state index contributed by atoms with van der Waals surface area (Å²) < 4.78 is 5.52. The van der Waals surface area contributed by atoms with Gasteiger partial charge in [0, 0.05) is 31.6 Å². The molecule has 35 heavy (non-hydrogen) atoms. The molecular formula is C28H34Cl2N2O3. The van der Waals surface area contributed by atoms with E-state index in [1.54, 1.807) is 19.2 Å². The predicted molar refractivity (Wildman–Crippen MR) is 141 cm³/mol. The molecule has 5 nitrogen and oxygen atoms in total. The molecule has 2 aromatic rings. The Balaban J connectivity index is 1.61. The van der Waals surface area contributed by atoms with Crippen LogP contribution in [-0.4, -0.2) is 66.2 Å². The quantitative estimate of drug-likeness (QED) is 0.519. The van der Waals surface area contributed by atoms with Crippen LogP contribution in [0.5, 0.6) is 5.75 Å². The van der Waals surface area contributed by atoms with E-state index in [1.807, 2.05) is 42.3 Å². The fraction of sp³-hybridized carbons (Fsp3) is 0.464. The summed E-state index contributed by atoms with van der Waals surface area (Å²) in [6, 6.07) is 13.4. The molecule has 1 heterocycles. The largest absolute Gasteiger partial charge is 0.497 e. The number of carbonyl (C=O) groups is 1. The van der Waals surface area contributed by atoms with E-state index in [0.29, 0.717) is 29.4 Å². The first-order chi connectivity index (χ1) is 16.7. The van der Waals surface area contributed by atoms with Gasteiger partial charge in [-0.1, -0.05) is 47.5 Å². The molecule has 1 amide bonds. The Morgan fingerprint density at radius 2 is 2.06 bits per heavy atom.